The second-order valence-electron chi connectivity index (χ2n) is 4.07. The van der Waals surface area contributed by atoms with Crippen LogP contribution in [-0.4, -0.2) is 9.78 Å². The Hall–Kier alpha value is -1.36. The fourth-order valence-electron chi connectivity index (χ4n) is 1.83. The van der Waals surface area contributed by atoms with Crippen molar-refractivity contribution in [3.8, 4) is 0 Å². The molecule has 5 heteroatoms. The number of anilines is 1. The minimum Gasteiger partial charge on any atom is -0.377 e. The molecular formula is C13H15BrFN3. The van der Waals surface area contributed by atoms with E-state index in [2.05, 4.69) is 26.3 Å². The molecule has 1 aromatic heterocycles. The fourth-order valence-corrected chi connectivity index (χ4v) is 2.20. The molecule has 1 aromatic carbocycles. The number of nitrogens with zero attached hydrogens (tertiary/aromatic N) is 2. The molecule has 0 amide bonds. The Bertz CT molecular complexity index is 551. The smallest absolute Gasteiger partial charge is 0.146 e. The van der Waals surface area contributed by atoms with Gasteiger partial charge in [0.05, 0.1) is 23.6 Å². The minimum absolute atomic E-state index is 0.252. The van der Waals surface area contributed by atoms with Gasteiger partial charge in [0.15, 0.2) is 0 Å². The first-order chi connectivity index (χ1) is 8.60. The van der Waals surface area contributed by atoms with Gasteiger partial charge in [0.25, 0.3) is 0 Å². The molecule has 0 bridgehead atoms. The molecule has 0 fully saturated rings. The zero-order valence-electron chi connectivity index (χ0n) is 10.4. The molecule has 2 aromatic rings. The van der Waals surface area contributed by atoms with Crippen LogP contribution in [0.4, 0.5) is 10.1 Å². The lowest BCUT2D eigenvalue weighted by atomic mass is 10.3. The Morgan fingerprint density at radius 2 is 2.17 bits per heavy atom. The van der Waals surface area contributed by atoms with E-state index in [1.165, 1.54) is 6.07 Å². The van der Waals surface area contributed by atoms with Crippen molar-refractivity contribution < 1.29 is 4.39 Å². The predicted octanol–water partition coefficient (Wildman–Crippen LogP) is 3.73. The number of benzene rings is 1. The van der Waals surface area contributed by atoms with Crippen LogP contribution >= 0.6 is 15.9 Å². The van der Waals surface area contributed by atoms with Crippen LogP contribution in [0.25, 0.3) is 0 Å². The van der Waals surface area contributed by atoms with Gasteiger partial charge in [0, 0.05) is 11.0 Å². The van der Waals surface area contributed by atoms with Crippen molar-refractivity contribution in [1.29, 1.82) is 0 Å². The highest BCUT2D eigenvalue weighted by atomic mass is 79.9. The average Bonchev–Trinajstić information content (AvgIpc) is 2.71. The summed E-state index contributed by atoms with van der Waals surface area (Å²) in [6.45, 7) is 5.36. The summed E-state index contributed by atoms with van der Waals surface area (Å²) >= 11 is 3.33. The molecule has 0 aliphatic rings. The van der Waals surface area contributed by atoms with Crippen molar-refractivity contribution in [1.82, 2.24) is 9.78 Å². The Kier molecular flexibility index (Phi) is 4.01. The van der Waals surface area contributed by atoms with E-state index >= 15 is 0 Å². The van der Waals surface area contributed by atoms with Crippen molar-refractivity contribution >= 4 is 21.6 Å². The van der Waals surface area contributed by atoms with Crippen LogP contribution in [0.1, 0.15) is 18.3 Å². The Morgan fingerprint density at radius 3 is 2.89 bits per heavy atom. The van der Waals surface area contributed by atoms with Crippen molar-refractivity contribution in [3.05, 3.63) is 45.9 Å². The van der Waals surface area contributed by atoms with E-state index in [0.29, 0.717) is 12.2 Å². The van der Waals surface area contributed by atoms with Gasteiger partial charge in [-0.25, -0.2) is 4.39 Å². The summed E-state index contributed by atoms with van der Waals surface area (Å²) in [5, 5.41) is 7.45. The predicted molar refractivity (Wildman–Crippen MR) is 74.1 cm³/mol. The lowest BCUT2D eigenvalue weighted by molar-refractivity contribution is 0.616. The van der Waals surface area contributed by atoms with Gasteiger partial charge in [-0.15, -0.1) is 0 Å². The van der Waals surface area contributed by atoms with Gasteiger partial charge >= 0.3 is 0 Å². The van der Waals surface area contributed by atoms with Crippen molar-refractivity contribution in [2.45, 2.75) is 26.9 Å². The molecule has 0 spiro atoms. The quantitative estimate of drug-likeness (QED) is 0.932. The second kappa shape index (κ2) is 5.52. The molecule has 0 radical (unpaired) electrons. The number of hydrogen-bond donors (Lipinski definition) is 1. The van der Waals surface area contributed by atoms with Crippen molar-refractivity contribution in [2.24, 2.45) is 0 Å². The van der Waals surface area contributed by atoms with Gasteiger partial charge in [0.2, 0.25) is 0 Å². The van der Waals surface area contributed by atoms with Crippen molar-refractivity contribution in [2.75, 3.05) is 5.32 Å². The summed E-state index contributed by atoms with van der Waals surface area (Å²) in [6, 6.07) is 6.86. The minimum atomic E-state index is -0.252. The van der Waals surface area contributed by atoms with Crippen LogP contribution in [-0.2, 0) is 13.1 Å². The van der Waals surface area contributed by atoms with Gasteiger partial charge in [0.1, 0.15) is 5.82 Å². The van der Waals surface area contributed by atoms with Crippen LogP contribution in [0.15, 0.2) is 28.7 Å². The monoisotopic (exact) mass is 311 g/mol. The summed E-state index contributed by atoms with van der Waals surface area (Å²) in [5.74, 6) is -0.252. The molecule has 0 aliphatic heterocycles. The lowest BCUT2D eigenvalue weighted by Crippen LogP contribution is -2.08. The first-order valence-corrected chi connectivity index (χ1v) is 6.61. The van der Waals surface area contributed by atoms with Gasteiger partial charge in [-0.2, -0.15) is 5.10 Å². The van der Waals surface area contributed by atoms with E-state index < -0.39 is 0 Å². The van der Waals surface area contributed by atoms with E-state index in [0.717, 1.165) is 22.4 Å². The number of aryl methyl sites for hydroxylation is 2. The molecule has 0 aliphatic carbocycles. The van der Waals surface area contributed by atoms with E-state index in [1.54, 1.807) is 12.1 Å². The standard InChI is InChI=1S/C13H15BrFN3/c1-3-18-11(6-9(2)17-18)8-16-13-7-10(14)4-5-12(13)15/h4-7,16H,3,8H2,1-2H3. The van der Waals surface area contributed by atoms with Gasteiger partial charge in [-0.1, -0.05) is 15.9 Å². The van der Waals surface area contributed by atoms with E-state index in [-0.39, 0.29) is 5.82 Å². The molecule has 1 N–H and O–H groups in total. The van der Waals surface area contributed by atoms with E-state index in [1.807, 2.05) is 24.6 Å². The summed E-state index contributed by atoms with van der Waals surface area (Å²) < 4.78 is 16.3. The first kappa shape index (κ1) is 13.1. The number of hydrogen-bond acceptors (Lipinski definition) is 2. The average molecular weight is 312 g/mol. The highest BCUT2D eigenvalue weighted by molar-refractivity contribution is 9.10. The highest BCUT2D eigenvalue weighted by Gasteiger charge is 2.06. The van der Waals surface area contributed by atoms with Crippen LogP contribution < -0.4 is 5.32 Å². The second-order valence-corrected chi connectivity index (χ2v) is 4.99. The van der Waals surface area contributed by atoms with Crippen LogP contribution in [0.3, 0.4) is 0 Å². The number of halogens is 2. The molecular weight excluding hydrogens is 297 g/mol. The zero-order chi connectivity index (χ0) is 13.1. The summed E-state index contributed by atoms with van der Waals surface area (Å²) in [5.41, 5.74) is 2.52. The van der Waals surface area contributed by atoms with Crippen LogP contribution in [0.2, 0.25) is 0 Å². The van der Waals surface area contributed by atoms with Crippen molar-refractivity contribution in [3.63, 3.8) is 0 Å². The SMILES string of the molecule is CCn1nc(C)cc1CNc1cc(Br)ccc1F. The number of rotatable bonds is 4. The third kappa shape index (κ3) is 2.90. The maximum absolute atomic E-state index is 13.6. The third-order valence-electron chi connectivity index (χ3n) is 2.67. The van der Waals surface area contributed by atoms with E-state index in [9.17, 15) is 4.39 Å². The first-order valence-electron chi connectivity index (χ1n) is 5.82. The topological polar surface area (TPSA) is 29.9 Å². The molecule has 2 rings (SSSR count). The van der Waals surface area contributed by atoms with Gasteiger partial charge < -0.3 is 5.32 Å². The summed E-state index contributed by atoms with van der Waals surface area (Å²) in [6.07, 6.45) is 0. The molecule has 0 saturated heterocycles. The van der Waals surface area contributed by atoms with Crippen LogP contribution in [0.5, 0.6) is 0 Å². The molecule has 3 nitrogen and oxygen atoms in total. The Labute approximate surface area is 114 Å². The number of nitrogens with one attached hydrogen (secondary N) is 1. The lowest BCUT2D eigenvalue weighted by Gasteiger charge is -2.09. The number of aromatic nitrogens is 2. The maximum Gasteiger partial charge on any atom is 0.146 e. The maximum atomic E-state index is 13.6. The van der Waals surface area contributed by atoms with Gasteiger partial charge in [-0.05, 0) is 38.1 Å². The van der Waals surface area contributed by atoms with E-state index in [4.69, 9.17) is 0 Å². The zero-order valence-corrected chi connectivity index (χ0v) is 12.0. The van der Waals surface area contributed by atoms with Crippen LogP contribution in [0, 0.1) is 12.7 Å². The summed E-state index contributed by atoms with van der Waals surface area (Å²) in [7, 11) is 0. The third-order valence-corrected chi connectivity index (χ3v) is 3.17. The molecule has 0 unspecified atom stereocenters. The normalized spacial score (nSPS) is 10.7. The largest absolute Gasteiger partial charge is 0.377 e. The molecule has 18 heavy (non-hydrogen) atoms. The Balaban J connectivity index is 2.13. The molecule has 96 valence electrons. The highest BCUT2D eigenvalue weighted by Crippen LogP contribution is 2.20. The molecule has 1 heterocycles. The molecule has 0 atom stereocenters. The molecule has 0 saturated carbocycles. The summed E-state index contributed by atoms with van der Waals surface area (Å²) in [4.78, 5) is 0. The fraction of sp³-hybridized carbons (Fsp3) is 0.308. The Morgan fingerprint density at radius 1 is 1.39 bits per heavy atom. The van der Waals surface area contributed by atoms with Gasteiger partial charge in [-0.3, -0.25) is 4.68 Å².